The van der Waals surface area contributed by atoms with Crippen molar-refractivity contribution in [2.75, 3.05) is 12.4 Å². The van der Waals surface area contributed by atoms with Gasteiger partial charge in [0.05, 0.1) is 0 Å². The summed E-state index contributed by atoms with van der Waals surface area (Å²) in [6.07, 6.45) is 1.94. The second-order valence-corrected chi connectivity index (χ2v) is 8.90. The number of benzene rings is 5. The van der Waals surface area contributed by atoms with Crippen LogP contribution < -0.4 is 5.32 Å². The molecular weight excluding hydrogens is 434 g/mol. The third kappa shape index (κ3) is 6.00. The minimum absolute atomic E-state index is 1.08. The Balaban J connectivity index is 0.000000375. The van der Waals surface area contributed by atoms with Crippen LogP contribution in [0.15, 0.2) is 128 Å². The standard InChI is InChI=1S/C28H25N.C7H8/c1-4-26-27(24-16-14-22(15-17-24)21-8-6-5-7-9-21)18-25(19-28(26)29-3)23-12-10-20(2)11-13-23;1-7-5-3-2-4-6-7/h4-19,29H,1H2,2-3H3;2-6H,1H3. The lowest BCUT2D eigenvalue weighted by Gasteiger charge is -2.16. The molecule has 5 aromatic rings. The molecule has 0 aliphatic heterocycles. The van der Waals surface area contributed by atoms with Crippen LogP contribution in [-0.2, 0) is 0 Å². The predicted octanol–water partition coefficient (Wildman–Crippen LogP) is 9.68. The van der Waals surface area contributed by atoms with E-state index in [4.69, 9.17) is 0 Å². The van der Waals surface area contributed by atoms with E-state index in [1.54, 1.807) is 0 Å². The SMILES string of the molecule is C=Cc1c(NC)cc(-c2ccc(C)cc2)cc1-c1ccc(-c2ccccc2)cc1.Cc1ccccc1. The summed E-state index contributed by atoms with van der Waals surface area (Å²) in [6.45, 7) is 8.26. The van der Waals surface area contributed by atoms with E-state index in [0.29, 0.717) is 0 Å². The van der Waals surface area contributed by atoms with E-state index in [1.165, 1.54) is 44.5 Å². The Bertz CT molecular complexity index is 1400. The van der Waals surface area contributed by atoms with E-state index < -0.39 is 0 Å². The van der Waals surface area contributed by atoms with Gasteiger partial charge in [0.2, 0.25) is 0 Å². The first kappa shape index (κ1) is 24.8. The van der Waals surface area contributed by atoms with Gasteiger partial charge in [-0.15, -0.1) is 0 Å². The monoisotopic (exact) mass is 467 g/mol. The molecule has 5 rings (SSSR count). The largest absolute Gasteiger partial charge is 0.388 e. The van der Waals surface area contributed by atoms with E-state index in [-0.39, 0.29) is 0 Å². The van der Waals surface area contributed by atoms with Crippen molar-refractivity contribution in [2.24, 2.45) is 0 Å². The summed E-state index contributed by atoms with van der Waals surface area (Å²) in [5.74, 6) is 0. The fourth-order valence-corrected chi connectivity index (χ4v) is 4.24. The smallest absolute Gasteiger partial charge is 0.0423 e. The van der Waals surface area contributed by atoms with Crippen molar-refractivity contribution < 1.29 is 0 Å². The number of anilines is 1. The first-order valence-electron chi connectivity index (χ1n) is 12.3. The molecular formula is C35H33N. The highest BCUT2D eigenvalue weighted by Gasteiger charge is 2.11. The van der Waals surface area contributed by atoms with Gasteiger partial charge in [0.1, 0.15) is 0 Å². The van der Waals surface area contributed by atoms with E-state index in [2.05, 4.69) is 123 Å². The van der Waals surface area contributed by atoms with E-state index in [9.17, 15) is 0 Å². The molecule has 0 bridgehead atoms. The zero-order valence-electron chi connectivity index (χ0n) is 21.3. The molecule has 5 aromatic carbocycles. The number of hydrogen-bond donors (Lipinski definition) is 1. The Kier molecular flexibility index (Phi) is 8.16. The van der Waals surface area contributed by atoms with Crippen molar-refractivity contribution in [3.8, 4) is 33.4 Å². The average Bonchev–Trinajstić information content (AvgIpc) is 2.94. The number of rotatable bonds is 5. The lowest BCUT2D eigenvalue weighted by Crippen LogP contribution is -1.96. The Hall–Kier alpha value is -4.36. The second kappa shape index (κ2) is 11.9. The minimum atomic E-state index is 1.08. The summed E-state index contributed by atoms with van der Waals surface area (Å²) >= 11 is 0. The summed E-state index contributed by atoms with van der Waals surface area (Å²) in [6, 6.07) is 42.6. The van der Waals surface area contributed by atoms with Gasteiger partial charge in [-0.25, -0.2) is 0 Å². The van der Waals surface area contributed by atoms with Gasteiger partial charge in [-0.05, 0) is 59.4 Å². The van der Waals surface area contributed by atoms with Crippen LogP contribution in [0.1, 0.15) is 16.7 Å². The van der Waals surface area contributed by atoms with Crippen molar-refractivity contribution in [3.05, 3.63) is 145 Å². The molecule has 0 saturated carbocycles. The van der Waals surface area contributed by atoms with Gasteiger partial charge >= 0.3 is 0 Å². The summed E-state index contributed by atoms with van der Waals surface area (Å²) in [4.78, 5) is 0. The Morgan fingerprint density at radius 1 is 0.528 bits per heavy atom. The molecule has 1 heteroatoms. The number of hydrogen-bond acceptors (Lipinski definition) is 1. The molecule has 0 fully saturated rings. The normalized spacial score (nSPS) is 10.2. The molecule has 0 spiro atoms. The Labute approximate surface area is 215 Å². The highest BCUT2D eigenvalue weighted by Crippen LogP contribution is 2.36. The molecule has 0 atom stereocenters. The average molecular weight is 468 g/mol. The van der Waals surface area contributed by atoms with Crippen molar-refractivity contribution in [3.63, 3.8) is 0 Å². The van der Waals surface area contributed by atoms with Crippen molar-refractivity contribution in [1.29, 1.82) is 0 Å². The molecule has 0 radical (unpaired) electrons. The van der Waals surface area contributed by atoms with Gasteiger partial charge in [0.25, 0.3) is 0 Å². The fourth-order valence-electron chi connectivity index (χ4n) is 4.24. The van der Waals surface area contributed by atoms with Gasteiger partial charge in [-0.2, -0.15) is 0 Å². The topological polar surface area (TPSA) is 12.0 Å². The lowest BCUT2D eigenvalue weighted by atomic mass is 9.92. The zero-order chi connectivity index (χ0) is 25.3. The van der Waals surface area contributed by atoms with Gasteiger partial charge < -0.3 is 5.32 Å². The van der Waals surface area contributed by atoms with Crippen LogP contribution in [0.2, 0.25) is 0 Å². The maximum absolute atomic E-state index is 4.06. The molecule has 0 saturated heterocycles. The number of aryl methyl sites for hydroxylation is 2. The molecule has 1 nitrogen and oxygen atoms in total. The highest BCUT2D eigenvalue weighted by atomic mass is 14.8. The van der Waals surface area contributed by atoms with Crippen LogP contribution in [-0.4, -0.2) is 7.05 Å². The van der Waals surface area contributed by atoms with Crippen LogP contribution in [0.3, 0.4) is 0 Å². The molecule has 0 heterocycles. The van der Waals surface area contributed by atoms with E-state index in [1.807, 2.05) is 37.4 Å². The van der Waals surface area contributed by atoms with Crippen molar-refractivity contribution in [2.45, 2.75) is 13.8 Å². The van der Waals surface area contributed by atoms with Gasteiger partial charge in [0, 0.05) is 18.3 Å². The highest BCUT2D eigenvalue weighted by molar-refractivity contribution is 5.88. The molecule has 178 valence electrons. The van der Waals surface area contributed by atoms with Gasteiger partial charge in [0.15, 0.2) is 0 Å². The first-order valence-corrected chi connectivity index (χ1v) is 12.3. The summed E-state index contributed by atoms with van der Waals surface area (Å²) in [5.41, 5.74) is 12.0. The fraction of sp³-hybridized carbons (Fsp3) is 0.0857. The quantitative estimate of drug-likeness (QED) is 0.271. The molecule has 0 amide bonds. The van der Waals surface area contributed by atoms with E-state index >= 15 is 0 Å². The van der Waals surface area contributed by atoms with Crippen molar-refractivity contribution in [1.82, 2.24) is 0 Å². The summed E-state index contributed by atoms with van der Waals surface area (Å²) in [5, 5.41) is 3.34. The van der Waals surface area contributed by atoms with Crippen LogP contribution >= 0.6 is 0 Å². The summed E-state index contributed by atoms with van der Waals surface area (Å²) in [7, 11) is 1.96. The van der Waals surface area contributed by atoms with Crippen LogP contribution in [0.25, 0.3) is 39.5 Å². The first-order chi connectivity index (χ1) is 17.6. The predicted molar refractivity (Wildman–Crippen MR) is 158 cm³/mol. The molecule has 1 N–H and O–H groups in total. The minimum Gasteiger partial charge on any atom is -0.388 e. The van der Waals surface area contributed by atoms with Gasteiger partial charge in [-0.1, -0.05) is 133 Å². The van der Waals surface area contributed by atoms with Crippen LogP contribution in [0.5, 0.6) is 0 Å². The lowest BCUT2D eigenvalue weighted by molar-refractivity contribution is 1.45. The Morgan fingerprint density at radius 2 is 1.00 bits per heavy atom. The van der Waals surface area contributed by atoms with Gasteiger partial charge in [-0.3, -0.25) is 0 Å². The van der Waals surface area contributed by atoms with Crippen LogP contribution in [0, 0.1) is 13.8 Å². The maximum atomic E-state index is 4.06. The molecule has 36 heavy (non-hydrogen) atoms. The molecule has 0 aliphatic rings. The second-order valence-electron chi connectivity index (χ2n) is 8.90. The van der Waals surface area contributed by atoms with Crippen LogP contribution in [0.4, 0.5) is 5.69 Å². The van der Waals surface area contributed by atoms with Crippen molar-refractivity contribution >= 4 is 11.8 Å². The summed E-state index contributed by atoms with van der Waals surface area (Å²) < 4.78 is 0. The molecule has 0 aliphatic carbocycles. The molecule has 0 unspecified atom stereocenters. The zero-order valence-corrected chi connectivity index (χ0v) is 21.3. The molecule has 0 aromatic heterocycles. The third-order valence-electron chi connectivity index (χ3n) is 6.28. The number of nitrogens with one attached hydrogen (secondary N) is 1. The van der Waals surface area contributed by atoms with E-state index in [0.717, 1.165) is 11.3 Å². The third-order valence-corrected chi connectivity index (χ3v) is 6.28. The maximum Gasteiger partial charge on any atom is 0.0423 e. The Morgan fingerprint density at radius 3 is 1.53 bits per heavy atom.